The molecule has 0 aromatic heterocycles. The second-order valence-electron chi connectivity index (χ2n) is 20.9. The van der Waals surface area contributed by atoms with Gasteiger partial charge in [-0.25, -0.2) is 0 Å². The number of hydrogen-bond acceptors (Lipinski definition) is 6. The fraction of sp³-hybridized carbons (Fsp3) is 0.776. The summed E-state index contributed by atoms with van der Waals surface area (Å²) in [6.45, 7) is 6.52. The van der Waals surface area contributed by atoms with Gasteiger partial charge in [0, 0.05) is 19.3 Å². The van der Waals surface area contributed by atoms with Crippen LogP contribution in [0.5, 0.6) is 0 Å². The highest BCUT2D eigenvalue weighted by molar-refractivity contribution is 5.71. The number of allylic oxidation sites excluding steroid dienone is 12. The molecule has 6 nitrogen and oxygen atoms in total. The van der Waals surface area contributed by atoms with Crippen molar-refractivity contribution in [3.63, 3.8) is 0 Å². The van der Waals surface area contributed by atoms with Crippen molar-refractivity contribution in [3.05, 3.63) is 72.9 Å². The Balaban J connectivity index is 4.42. The van der Waals surface area contributed by atoms with E-state index < -0.39 is 6.10 Å². The lowest BCUT2D eigenvalue weighted by Gasteiger charge is -2.18. The van der Waals surface area contributed by atoms with E-state index in [1.165, 1.54) is 193 Å². The van der Waals surface area contributed by atoms with Gasteiger partial charge < -0.3 is 14.2 Å². The van der Waals surface area contributed by atoms with Gasteiger partial charge in [0.25, 0.3) is 0 Å². The van der Waals surface area contributed by atoms with Crippen LogP contribution in [-0.2, 0) is 28.6 Å². The van der Waals surface area contributed by atoms with Gasteiger partial charge in [-0.2, -0.15) is 0 Å². The Morgan fingerprint density at radius 3 is 0.904 bits per heavy atom. The maximum absolute atomic E-state index is 12.9. The van der Waals surface area contributed by atoms with E-state index in [2.05, 4.69) is 93.7 Å². The summed E-state index contributed by atoms with van der Waals surface area (Å²) in [6, 6.07) is 0. The summed E-state index contributed by atoms with van der Waals surface area (Å²) >= 11 is 0. The lowest BCUT2D eigenvalue weighted by atomic mass is 10.0. The van der Waals surface area contributed by atoms with Crippen LogP contribution < -0.4 is 0 Å². The second kappa shape index (κ2) is 61.4. The SMILES string of the molecule is CC/C=C/C/C=C/C/C=C/C/C=C/C/C=C/CCCC(=O)OC[C@H](COC(=O)CCCCCCCCCCC/C=C/CCCCCCCC)OC(=O)CCCCCCCCCCCCCCCCCCCCC. The number of unbranched alkanes of at least 4 members (excludes halogenated alkanes) is 34. The minimum Gasteiger partial charge on any atom is -0.462 e. The van der Waals surface area contributed by atoms with Gasteiger partial charge in [0.05, 0.1) is 0 Å². The number of carbonyl (C=O) groups is 3. The summed E-state index contributed by atoms with van der Waals surface area (Å²) in [5, 5.41) is 0. The van der Waals surface area contributed by atoms with Gasteiger partial charge in [-0.1, -0.05) is 286 Å². The summed E-state index contributed by atoms with van der Waals surface area (Å²) in [4.78, 5) is 38.3. The molecule has 0 aliphatic rings. The molecular formula is C67H118O6. The molecular weight excluding hydrogens is 901 g/mol. The van der Waals surface area contributed by atoms with Gasteiger partial charge >= 0.3 is 17.9 Å². The molecule has 0 amide bonds. The van der Waals surface area contributed by atoms with Crippen molar-refractivity contribution in [2.24, 2.45) is 0 Å². The molecule has 0 aliphatic carbocycles. The molecule has 0 rings (SSSR count). The Morgan fingerprint density at radius 1 is 0.288 bits per heavy atom. The van der Waals surface area contributed by atoms with Crippen LogP contribution in [0.25, 0.3) is 0 Å². The van der Waals surface area contributed by atoms with Crippen LogP contribution in [0.3, 0.4) is 0 Å². The predicted octanol–water partition coefficient (Wildman–Crippen LogP) is 21.3. The topological polar surface area (TPSA) is 78.9 Å². The number of ether oxygens (including phenoxy) is 3. The molecule has 0 saturated heterocycles. The van der Waals surface area contributed by atoms with E-state index in [0.29, 0.717) is 19.3 Å². The molecule has 73 heavy (non-hydrogen) atoms. The number of esters is 3. The highest BCUT2D eigenvalue weighted by Gasteiger charge is 2.19. The van der Waals surface area contributed by atoms with Crippen LogP contribution >= 0.6 is 0 Å². The first-order chi connectivity index (χ1) is 36.0. The van der Waals surface area contributed by atoms with Gasteiger partial charge in [-0.05, 0) is 83.5 Å². The van der Waals surface area contributed by atoms with E-state index >= 15 is 0 Å². The average Bonchev–Trinajstić information content (AvgIpc) is 3.39. The largest absolute Gasteiger partial charge is 0.462 e. The fourth-order valence-corrected chi connectivity index (χ4v) is 9.00. The van der Waals surface area contributed by atoms with Crippen molar-refractivity contribution in [1.82, 2.24) is 0 Å². The highest BCUT2D eigenvalue weighted by Crippen LogP contribution is 2.17. The van der Waals surface area contributed by atoms with E-state index in [1.807, 2.05) is 0 Å². The van der Waals surface area contributed by atoms with Crippen molar-refractivity contribution in [2.45, 2.75) is 322 Å². The third-order valence-corrected chi connectivity index (χ3v) is 13.7. The first-order valence-corrected chi connectivity index (χ1v) is 31.4. The zero-order valence-corrected chi connectivity index (χ0v) is 48.4. The van der Waals surface area contributed by atoms with Crippen LogP contribution in [0, 0.1) is 0 Å². The first kappa shape index (κ1) is 69.8. The van der Waals surface area contributed by atoms with Crippen LogP contribution in [0.2, 0.25) is 0 Å². The third-order valence-electron chi connectivity index (χ3n) is 13.7. The van der Waals surface area contributed by atoms with E-state index in [1.54, 1.807) is 0 Å². The Hall–Kier alpha value is -3.15. The van der Waals surface area contributed by atoms with E-state index in [9.17, 15) is 14.4 Å². The monoisotopic (exact) mass is 1020 g/mol. The molecule has 0 radical (unpaired) electrons. The Bertz CT molecular complexity index is 1360. The number of carbonyl (C=O) groups excluding carboxylic acids is 3. The minimum absolute atomic E-state index is 0.0913. The van der Waals surface area contributed by atoms with Crippen molar-refractivity contribution in [1.29, 1.82) is 0 Å². The van der Waals surface area contributed by atoms with Gasteiger partial charge in [-0.15, -0.1) is 0 Å². The van der Waals surface area contributed by atoms with Crippen LogP contribution in [0.1, 0.15) is 316 Å². The summed E-state index contributed by atoms with van der Waals surface area (Å²) in [5.41, 5.74) is 0. The highest BCUT2D eigenvalue weighted by atomic mass is 16.6. The number of hydrogen-bond donors (Lipinski definition) is 0. The smallest absolute Gasteiger partial charge is 0.306 e. The van der Waals surface area contributed by atoms with E-state index in [-0.39, 0.29) is 37.5 Å². The molecule has 422 valence electrons. The Morgan fingerprint density at radius 2 is 0.548 bits per heavy atom. The molecule has 0 aliphatic heterocycles. The zero-order chi connectivity index (χ0) is 52.9. The Kier molecular flexibility index (Phi) is 58.7. The summed E-state index contributed by atoms with van der Waals surface area (Å²) in [6.07, 6.45) is 79.1. The molecule has 0 heterocycles. The Labute approximate surface area is 453 Å². The molecule has 0 aromatic carbocycles. The van der Waals surface area contributed by atoms with Crippen molar-refractivity contribution in [3.8, 4) is 0 Å². The molecule has 0 aromatic rings. The summed E-state index contributed by atoms with van der Waals surface area (Å²) in [7, 11) is 0. The molecule has 0 N–H and O–H groups in total. The average molecular weight is 1020 g/mol. The molecule has 0 bridgehead atoms. The third kappa shape index (κ3) is 59.6. The molecule has 0 spiro atoms. The molecule has 1 atom stereocenters. The lowest BCUT2D eigenvalue weighted by molar-refractivity contribution is -0.167. The molecule has 6 heteroatoms. The van der Waals surface area contributed by atoms with E-state index in [4.69, 9.17) is 14.2 Å². The second-order valence-corrected chi connectivity index (χ2v) is 20.9. The van der Waals surface area contributed by atoms with Gasteiger partial charge in [0.15, 0.2) is 6.10 Å². The van der Waals surface area contributed by atoms with Crippen molar-refractivity contribution < 1.29 is 28.6 Å². The lowest BCUT2D eigenvalue weighted by Crippen LogP contribution is -2.30. The van der Waals surface area contributed by atoms with Gasteiger partial charge in [0.2, 0.25) is 0 Å². The maximum Gasteiger partial charge on any atom is 0.306 e. The fourth-order valence-electron chi connectivity index (χ4n) is 9.00. The van der Waals surface area contributed by atoms with E-state index in [0.717, 1.165) is 77.0 Å². The van der Waals surface area contributed by atoms with Crippen LogP contribution in [0.15, 0.2) is 72.9 Å². The molecule has 0 unspecified atom stereocenters. The van der Waals surface area contributed by atoms with Crippen molar-refractivity contribution in [2.75, 3.05) is 13.2 Å². The quantitative estimate of drug-likeness (QED) is 0.0261. The summed E-state index contributed by atoms with van der Waals surface area (Å²) < 4.78 is 16.9. The zero-order valence-electron chi connectivity index (χ0n) is 48.4. The van der Waals surface area contributed by atoms with Gasteiger partial charge in [-0.3, -0.25) is 14.4 Å². The van der Waals surface area contributed by atoms with Crippen molar-refractivity contribution >= 4 is 17.9 Å². The summed E-state index contributed by atoms with van der Waals surface area (Å²) in [5.74, 6) is -0.938. The standard InChI is InChI=1S/C67H118O6/c1-4-7-10-13-16-19-22-25-28-31-33-36-39-42-45-48-51-54-57-60-66(69)72-63-64(62-71-65(68)59-56-53-50-47-44-41-38-35-30-27-24-21-18-15-12-9-6-3)73-67(70)61-58-55-52-49-46-43-40-37-34-32-29-26-23-20-17-14-11-8-5-2/h9,12,18,21,25,27-28,30,38,41,47,50,64H,4-8,10-11,13-17,19-20,22-24,26,29,31-37,39-40,42-46,48-49,51-63H2,1-3H3/b12-9+,21-18+,28-25+,30-27+,41-38+,50-47+/t64-/m1/s1. The van der Waals surface area contributed by atoms with Gasteiger partial charge in [0.1, 0.15) is 13.2 Å². The number of rotatable bonds is 57. The maximum atomic E-state index is 12.9. The minimum atomic E-state index is -0.798. The molecule has 0 saturated carbocycles. The molecule has 0 fully saturated rings. The normalized spacial score (nSPS) is 12.5. The van der Waals surface area contributed by atoms with Crippen LogP contribution in [0.4, 0.5) is 0 Å². The van der Waals surface area contributed by atoms with Crippen LogP contribution in [-0.4, -0.2) is 37.2 Å². The predicted molar refractivity (Wildman–Crippen MR) is 316 cm³/mol. The first-order valence-electron chi connectivity index (χ1n) is 31.4.